The van der Waals surface area contributed by atoms with E-state index in [2.05, 4.69) is 16.0 Å². The molecule has 2 aliphatic rings. The molecule has 48 heavy (non-hydrogen) atoms. The number of aromatic nitrogens is 3. The van der Waals surface area contributed by atoms with Gasteiger partial charge in [0.15, 0.2) is 0 Å². The maximum absolute atomic E-state index is 11.6. The van der Waals surface area contributed by atoms with Crippen molar-refractivity contribution in [3.8, 4) is 5.88 Å². The van der Waals surface area contributed by atoms with Gasteiger partial charge in [-0.25, -0.2) is 4.98 Å². The molecular weight excluding hydrogens is 651 g/mol. The molecule has 0 saturated carbocycles. The summed E-state index contributed by atoms with van der Waals surface area (Å²) in [5.41, 5.74) is 4.44. The van der Waals surface area contributed by atoms with Gasteiger partial charge in [0.05, 0.1) is 48.5 Å². The van der Waals surface area contributed by atoms with Gasteiger partial charge in [-0.15, -0.1) is 11.6 Å². The second kappa shape index (κ2) is 14.8. The molecule has 4 aromatic rings. The number of allylic oxidation sites excluding steroid dienone is 4. The Bertz CT molecular complexity index is 1900. The minimum Gasteiger partial charge on any atom is -0.481 e. The molecule has 1 aliphatic heterocycles. The molecule has 12 heteroatoms. The summed E-state index contributed by atoms with van der Waals surface area (Å²) in [6.07, 6.45) is 10.9. The second-order valence-corrected chi connectivity index (χ2v) is 12.6. The van der Waals surface area contributed by atoms with Crippen molar-refractivity contribution < 1.29 is 19.1 Å². The summed E-state index contributed by atoms with van der Waals surface area (Å²) in [5, 5.41) is 10.2. The van der Waals surface area contributed by atoms with Crippen molar-refractivity contribution in [1.82, 2.24) is 30.9 Å². The number of esters is 1. The molecule has 3 atom stereocenters. The fourth-order valence-corrected chi connectivity index (χ4v) is 6.93. The molecule has 0 radical (unpaired) electrons. The molecule has 248 valence electrons. The number of halogens is 2. The lowest BCUT2D eigenvalue weighted by Crippen LogP contribution is -2.40. The monoisotopic (exact) mass is 686 g/mol. The molecule has 1 aromatic carbocycles. The Morgan fingerprint density at radius 2 is 1.92 bits per heavy atom. The first-order chi connectivity index (χ1) is 23.3. The van der Waals surface area contributed by atoms with E-state index in [-0.39, 0.29) is 24.5 Å². The zero-order valence-corrected chi connectivity index (χ0v) is 28.1. The summed E-state index contributed by atoms with van der Waals surface area (Å²) < 4.78 is 10.5. The summed E-state index contributed by atoms with van der Waals surface area (Å²) in [7, 11) is 2.95. The van der Waals surface area contributed by atoms with E-state index in [4.69, 9.17) is 47.6 Å². The first-order valence-electron chi connectivity index (χ1n) is 15.7. The summed E-state index contributed by atoms with van der Waals surface area (Å²) in [6.45, 7) is 1.71. The van der Waals surface area contributed by atoms with Crippen LogP contribution >= 0.6 is 23.2 Å². The SMILES string of the molecule is COC(=O)CNCc1cnc2cc(C3(c4ccc(CNCC5CCC(=O)N5)c(OC)n4)C=CC=C(c4ccccc4Cl)[C@H]3Cl)ncc2c1. The summed E-state index contributed by atoms with van der Waals surface area (Å²) in [4.78, 5) is 37.9. The van der Waals surface area contributed by atoms with Crippen LogP contribution in [-0.4, -0.2) is 65.6 Å². The molecule has 6 rings (SSSR count). The number of amides is 1. The fourth-order valence-electron chi connectivity index (χ4n) is 6.20. The number of fused-ring (bicyclic) bond motifs is 1. The van der Waals surface area contributed by atoms with Crippen molar-refractivity contribution in [3.05, 3.63) is 112 Å². The Hall–Kier alpha value is -4.35. The number of alkyl halides is 1. The number of rotatable bonds is 12. The van der Waals surface area contributed by atoms with Gasteiger partial charge in [-0.1, -0.05) is 54.1 Å². The Morgan fingerprint density at radius 1 is 1.06 bits per heavy atom. The van der Waals surface area contributed by atoms with Gasteiger partial charge < -0.3 is 25.4 Å². The number of benzene rings is 1. The molecule has 2 unspecified atom stereocenters. The molecular formula is C36H36Cl2N6O4. The van der Waals surface area contributed by atoms with E-state index in [1.165, 1.54) is 7.11 Å². The molecule has 4 heterocycles. The van der Waals surface area contributed by atoms with Crippen molar-refractivity contribution in [2.75, 3.05) is 27.3 Å². The summed E-state index contributed by atoms with van der Waals surface area (Å²) >= 11 is 14.2. The lowest BCUT2D eigenvalue weighted by atomic mass is 9.70. The van der Waals surface area contributed by atoms with Gasteiger partial charge in [0, 0.05) is 60.5 Å². The standard InChI is InChI=1S/C36H36Cl2N6O4/c1-47-33(46)21-39-16-22-14-24-19-42-31(15-29(24)41-17-22)36(13-5-7-27(34(36)38)26-6-3-4-8-28(26)37)30-11-9-23(35(44-30)48-2)18-40-20-25-10-12-32(45)43-25/h3-9,11,13-15,17,19,25,34,39-40H,10,12,16,18,20-21H2,1-2H3,(H,43,45)/t25?,34-,36?/m1/s1. The van der Waals surface area contributed by atoms with Crippen molar-refractivity contribution in [2.45, 2.75) is 42.8 Å². The van der Waals surface area contributed by atoms with Crippen LogP contribution in [0.3, 0.4) is 0 Å². The number of hydrogen-bond acceptors (Lipinski definition) is 9. The lowest BCUT2D eigenvalue weighted by molar-refractivity contribution is -0.139. The van der Waals surface area contributed by atoms with Gasteiger partial charge in [-0.2, -0.15) is 0 Å². The Kier molecular flexibility index (Phi) is 10.4. The van der Waals surface area contributed by atoms with Crippen LogP contribution in [0.1, 0.15) is 40.9 Å². The third-order valence-electron chi connectivity index (χ3n) is 8.71. The van der Waals surface area contributed by atoms with Gasteiger partial charge in [-0.05, 0) is 47.4 Å². The van der Waals surface area contributed by atoms with Crippen molar-refractivity contribution >= 4 is 51.6 Å². The minimum atomic E-state index is -1.02. The highest BCUT2D eigenvalue weighted by Crippen LogP contribution is 2.48. The van der Waals surface area contributed by atoms with Gasteiger partial charge in [-0.3, -0.25) is 19.6 Å². The van der Waals surface area contributed by atoms with Crippen LogP contribution in [0.5, 0.6) is 5.88 Å². The number of methoxy groups -OCH3 is 2. The molecule has 3 aromatic heterocycles. The van der Waals surface area contributed by atoms with E-state index in [1.807, 2.05) is 66.8 Å². The van der Waals surface area contributed by atoms with Crippen LogP contribution in [0.2, 0.25) is 5.02 Å². The van der Waals surface area contributed by atoms with Gasteiger partial charge in [0.1, 0.15) is 0 Å². The number of nitrogens with one attached hydrogen (secondary N) is 3. The predicted molar refractivity (Wildman–Crippen MR) is 186 cm³/mol. The minimum absolute atomic E-state index is 0.0858. The van der Waals surface area contributed by atoms with E-state index in [9.17, 15) is 9.59 Å². The Balaban J connectivity index is 1.36. The van der Waals surface area contributed by atoms with E-state index in [1.54, 1.807) is 19.5 Å². The van der Waals surface area contributed by atoms with E-state index in [0.717, 1.165) is 39.6 Å². The van der Waals surface area contributed by atoms with Crippen LogP contribution in [0.25, 0.3) is 16.5 Å². The maximum atomic E-state index is 11.6. The van der Waals surface area contributed by atoms with Gasteiger partial charge in [0.25, 0.3) is 0 Å². The first kappa shape index (κ1) is 33.5. The summed E-state index contributed by atoms with van der Waals surface area (Å²) in [6, 6.07) is 15.6. The average molecular weight is 688 g/mol. The highest BCUT2D eigenvalue weighted by Gasteiger charge is 2.46. The highest BCUT2D eigenvalue weighted by atomic mass is 35.5. The zero-order chi connectivity index (χ0) is 33.7. The van der Waals surface area contributed by atoms with E-state index < -0.39 is 10.8 Å². The van der Waals surface area contributed by atoms with Crippen molar-refractivity contribution in [3.63, 3.8) is 0 Å². The normalized spacial score (nSPS) is 20.4. The average Bonchev–Trinajstić information content (AvgIpc) is 3.53. The van der Waals surface area contributed by atoms with Crippen molar-refractivity contribution in [2.24, 2.45) is 0 Å². The second-order valence-electron chi connectivity index (χ2n) is 11.8. The largest absolute Gasteiger partial charge is 0.481 e. The third kappa shape index (κ3) is 6.93. The highest BCUT2D eigenvalue weighted by molar-refractivity contribution is 6.34. The van der Waals surface area contributed by atoms with E-state index >= 15 is 0 Å². The zero-order valence-electron chi connectivity index (χ0n) is 26.6. The molecule has 1 amide bonds. The third-order valence-corrected chi connectivity index (χ3v) is 9.62. The van der Waals surface area contributed by atoms with E-state index in [0.29, 0.717) is 48.3 Å². The predicted octanol–water partition coefficient (Wildman–Crippen LogP) is 4.86. The number of hydrogen-bond donors (Lipinski definition) is 3. The molecule has 0 bridgehead atoms. The number of ether oxygens (including phenoxy) is 2. The van der Waals surface area contributed by atoms with Crippen LogP contribution in [0.4, 0.5) is 0 Å². The molecule has 1 aliphatic carbocycles. The molecule has 0 spiro atoms. The van der Waals surface area contributed by atoms with Gasteiger partial charge in [0.2, 0.25) is 11.8 Å². The van der Waals surface area contributed by atoms with Crippen LogP contribution in [0.15, 0.2) is 79.2 Å². The van der Waals surface area contributed by atoms with Crippen LogP contribution in [0, 0.1) is 0 Å². The molecule has 3 N–H and O–H groups in total. The molecule has 1 saturated heterocycles. The summed E-state index contributed by atoms with van der Waals surface area (Å²) in [5.74, 6) is 0.210. The van der Waals surface area contributed by atoms with Crippen molar-refractivity contribution in [1.29, 1.82) is 0 Å². The van der Waals surface area contributed by atoms with Gasteiger partial charge >= 0.3 is 5.97 Å². The quantitative estimate of drug-likeness (QED) is 0.141. The molecule has 1 fully saturated rings. The lowest BCUT2D eigenvalue weighted by Gasteiger charge is -2.38. The maximum Gasteiger partial charge on any atom is 0.319 e. The Labute approximate surface area is 289 Å². The number of nitrogens with zero attached hydrogens (tertiary/aromatic N) is 3. The first-order valence-corrected chi connectivity index (χ1v) is 16.5. The Morgan fingerprint density at radius 3 is 2.69 bits per heavy atom. The number of carbonyl (C=O) groups excluding carboxylic acids is 2. The number of carbonyl (C=O) groups is 2. The van der Waals surface area contributed by atoms with Crippen LogP contribution < -0.4 is 20.7 Å². The smallest absolute Gasteiger partial charge is 0.319 e. The topological polar surface area (TPSA) is 127 Å². The fraction of sp³-hybridized carbons (Fsp3) is 0.306. The van der Waals surface area contributed by atoms with Crippen LogP contribution in [-0.2, 0) is 32.8 Å². The number of pyridine rings is 3. The molecule has 10 nitrogen and oxygen atoms in total.